The van der Waals surface area contributed by atoms with Crippen molar-refractivity contribution in [3.05, 3.63) is 36.0 Å². The Kier molecular flexibility index (Phi) is 3.29. The van der Waals surface area contributed by atoms with Crippen LogP contribution >= 0.6 is 0 Å². The molecule has 1 fully saturated rings. The lowest BCUT2D eigenvalue weighted by Gasteiger charge is -2.30. The molecule has 0 spiro atoms. The monoisotopic (exact) mass is 297 g/mol. The predicted molar refractivity (Wildman–Crippen MR) is 83.8 cm³/mol. The number of aryl methyl sites for hydroxylation is 1. The molecule has 0 amide bonds. The van der Waals surface area contributed by atoms with Gasteiger partial charge in [0.15, 0.2) is 0 Å². The number of imidazole rings is 1. The number of nitrogens with one attached hydrogen (secondary N) is 1. The average Bonchev–Trinajstić information content (AvgIpc) is 3.13. The van der Waals surface area contributed by atoms with Crippen LogP contribution in [0.2, 0.25) is 0 Å². The van der Waals surface area contributed by atoms with Gasteiger partial charge in [0.2, 0.25) is 5.89 Å². The molecular formula is C16H19N5O. The number of nitrogens with zero attached hydrogens (tertiary/aromatic N) is 4. The zero-order chi connectivity index (χ0) is 14.9. The molecular weight excluding hydrogens is 278 g/mol. The number of anilines is 1. The first kappa shape index (κ1) is 13.3. The minimum Gasteiger partial charge on any atom is -0.408 e. The number of piperidine rings is 1. The normalized spacial score (nSPS) is 19.0. The maximum Gasteiger partial charge on any atom is 0.318 e. The number of hydrogen-bond donors (Lipinski definition) is 1. The molecule has 1 aliphatic rings. The van der Waals surface area contributed by atoms with Gasteiger partial charge in [-0.25, -0.2) is 4.98 Å². The fourth-order valence-electron chi connectivity index (χ4n) is 3.20. The van der Waals surface area contributed by atoms with Crippen LogP contribution in [0.4, 0.5) is 6.01 Å². The summed E-state index contributed by atoms with van der Waals surface area (Å²) in [5.41, 5.74) is 2.15. The smallest absolute Gasteiger partial charge is 0.318 e. The van der Waals surface area contributed by atoms with Crippen molar-refractivity contribution in [1.82, 2.24) is 20.2 Å². The molecule has 1 saturated heterocycles. The van der Waals surface area contributed by atoms with Gasteiger partial charge >= 0.3 is 6.01 Å². The summed E-state index contributed by atoms with van der Waals surface area (Å²) in [6.07, 6.45) is 3.31. The third kappa shape index (κ3) is 2.56. The zero-order valence-electron chi connectivity index (χ0n) is 12.6. The Morgan fingerprint density at radius 3 is 3.05 bits per heavy atom. The number of aromatic amines is 1. The van der Waals surface area contributed by atoms with E-state index < -0.39 is 0 Å². The van der Waals surface area contributed by atoms with Gasteiger partial charge < -0.3 is 14.3 Å². The SMILES string of the molecule is Cc1nnc(N2CCCC(Cc3nc4ccccc4[nH]3)C2)o1. The Hall–Kier alpha value is -2.37. The summed E-state index contributed by atoms with van der Waals surface area (Å²) in [6.45, 7) is 3.75. The number of benzene rings is 1. The second-order valence-electron chi connectivity index (χ2n) is 5.96. The highest BCUT2D eigenvalue weighted by molar-refractivity contribution is 5.74. The molecule has 22 heavy (non-hydrogen) atoms. The lowest BCUT2D eigenvalue weighted by atomic mass is 9.95. The summed E-state index contributed by atoms with van der Waals surface area (Å²) < 4.78 is 5.55. The van der Waals surface area contributed by atoms with E-state index in [9.17, 15) is 0 Å². The third-order valence-electron chi connectivity index (χ3n) is 4.23. The van der Waals surface area contributed by atoms with Gasteiger partial charge in [0.25, 0.3) is 0 Å². The van der Waals surface area contributed by atoms with Crippen LogP contribution in [-0.2, 0) is 6.42 Å². The highest BCUT2D eigenvalue weighted by Gasteiger charge is 2.24. The Bertz CT molecular complexity index is 745. The summed E-state index contributed by atoms with van der Waals surface area (Å²) in [6, 6.07) is 8.81. The first-order valence-corrected chi connectivity index (χ1v) is 7.76. The van der Waals surface area contributed by atoms with Crippen LogP contribution in [0.5, 0.6) is 0 Å². The lowest BCUT2D eigenvalue weighted by Crippen LogP contribution is -2.36. The molecule has 2 aromatic heterocycles. The van der Waals surface area contributed by atoms with Crippen LogP contribution in [0.15, 0.2) is 28.7 Å². The molecule has 1 N–H and O–H groups in total. The highest BCUT2D eigenvalue weighted by atomic mass is 16.4. The second-order valence-corrected chi connectivity index (χ2v) is 5.96. The maximum absolute atomic E-state index is 5.55. The van der Waals surface area contributed by atoms with Crippen LogP contribution < -0.4 is 4.90 Å². The number of fused-ring (bicyclic) bond motifs is 1. The van der Waals surface area contributed by atoms with Gasteiger partial charge in [-0.2, -0.15) is 0 Å². The molecule has 6 heteroatoms. The fourth-order valence-corrected chi connectivity index (χ4v) is 3.20. The van der Waals surface area contributed by atoms with Gasteiger partial charge in [-0.05, 0) is 30.9 Å². The summed E-state index contributed by atoms with van der Waals surface area (Å²) in [4.78, 5) is 10.3. The van der Waals surface area contributed by atoms with Gasteiger partial charge in [0.1, 0.15) is 5.82 Å². The average molecular weight is 297 g/mol. The third-order valence-corrected chi connectivity index (χ3v) is 4.23. The molecule has 3 heterocycles. The first-order chi connectivity index (χ1) is 10.8. The van der Waals surface area contributed by atoms with E-state index in [2.05, 4.69) is 31.1 Å². The molecule has 1 aliphatic heterocycles. The van der Waals surface area contributed by atoms with Crippen molar-refractivity contribution in [3.8, 4) is 0 Å². The quantitative estimate of drug-likeness (QED) is 0.805. The maximum atomic E-state index is 5.55. The van der Waals surface area contributed by atoms with Crippen LogP contribution in [0.25, 0.3) is 11.0 Å². The molecule has 1 aromatic carbocycles. The second kappa shape index (κ2) is 5.44. The van der Waals surface area contributed by atoms with E-state index in [1.54, 1.807) is 0 Å². The first-order valence-electron chi connectivity index (χ1n) is 7.76. The van der Waals surface area contributed by atoms with E-state index in [-0.39, 0.29) is 0 Å². The molecule has 4 rings (SSSR count). The number of hydrogen-bond acceptors (Lipinski definition) is 5. The fraction of sp³-hybridized carbons (Fsp3) is 0.438. The van der Waals surface area contributed by atoms with Crippen molar-refractivity contribution in [2.45, 2.75) is 26.2 Å². The Balaban J connectivity index is 1.48. The largest absolute Gasteiger partial charge is 0.408 e. The number of para-hydroxylation sites is 2. The van der Waals surface area contributed by atoms with E-state index in [4.69, 9.17) is 4.42 Å². The van der Waals surface area contributed by atoms with Crippen molar-refractivity contribution in [3.63, 3.8) is 0 Å². The lowest BCUT2D eigenvalue weighted by molar-refractivity contribution is 0.383. The Morgan fingerprint density at radius 2 is 2.23 bits per heavy atom. The molecule has 3 aromatic rings. The van der Waals surface area contributed by atoms with E-state index in [0.717, 1.165) is 42.8 Å². The van der Waals surface area contributed by atoms with Crippen molar-refractivity contribution < 1.29 is 4.42 Å². The van der Waals surface area contributed by atoms with Crippen molar-refractivity contribution in [2.24, 2.45) is 5.92 Å². The summed E-state index contributed by atoms with van der Waals surface area (Å²) >= 11 is 0. The molecule has 0 aliphatic carbocycles. The van der Waals surface area contributed by atoms with E-state index >= 15 is 0 Å². The van der Waals surface area contributed by atoms with Gasteiger partial charge in [0.05, 0.1) is 11.0 Å². The minimum absolute atomic E-state index is 0.557. The van der Waals surface area contributed by atoms with Gasteiger partial charge in [0, 0.05) is 26.4 Å². The molecule has 114 valence electrons. The predicted octanol–water partition coefficient (Wildman–Crippen LogP) is 2.71. The molecule has 0 saturated carbocycles. The van der Waals surface area contributed by atoms with E-state index in [0.29, 0.717) is 17.8 Å². The standard InChI is InChI=1S/C16H19N5O/c1-11-19-20-16(22-11)21-8-4-5-12(10-21)9-15-17-13-6-2-3-7-14(13)18-15/h2-3,6-7,12H,4-5,8-10H2,1H3,(H,17,18). The van der Waals surface area contributed by atoms with Crippen LogP contribution in [0.1, 0.15) is 24.6 Å². The van der Waals surface area contributed by atoms with Gasteiger partial charge in [-0.3, -0.25) is 0 Å². The molecule has 1 unspecified atom stereocenters. The number of rotatable bonds is 3. The number of H-pyrrole nitrogens is 1. The number of aromatic nitrogens is 4. The Morgan fingerprint density at radius 1 is 1.32 bits per heavy atom. The molecule has 0 radical (unpaired) electrons. The molecule has 0 bridgehead atoms. The zero-order valence-corrected chi connectivity index (χ0v) is 12.6. The van der Waals surface area contributed by atoms with Crippen LogP contribution in [-0.4, -0.2) is 33.3 Å². The summed E-state index contributed by atoms with van der Waals surface area (Å²) in [5, 5.41) is 8.05. The highest BCUT2D eigenvalue weighted by Crippen LogP contribution is 2.24. The molecule has 6 nitrogen and oxygen atoms in total. The van der Waals surface area contributed by atoms with Crippen molar-refractivity contribution in [1.29, 1.82) is 0 Å². The summed E-state index contributed by atoms with van der Waals surface area (Å²) in [5.74, 6) is 2.24. The molecule has 1 atom stereocenters. The Labute approximate surface area is 128 Å². The van der Waals surface area contributed by atoms with Crippen molar-refractivity contribution >= 4 is 17.0 Å². The van der Waals surface area contributed by atoms with Gasteiger partial charge in [-0.1, -0.05) is 17.2 Å². The van der Waals surface area contributed by atoms with E-state index in [1.807, 2.05) is 25.1 Å². The minimum atomic E-state index is 0.557. The van der Waals surface area contributed by atoms with Crippen LogP contribution in [0, 0.1) is 12.8 Å². The topological polar surface area (TPSA) is 70.8 Å². The van der Waals surface area contributed by atoms with Crippen LogP contribution in [0.3, 0.4) is 0 Å². The van der Waals surface area contributed by atoms with Crippen molar-refractivity contribution in [2.75, 3.05) is 18.0 Å². The summed E-state index contributed by atoms with van der Waals surface area (Å²) in [7, 11) is 0. The van der Waals surface area contributed by atoms with Gasteiger partial charge in [-0.15, -0.1) is 5.10 Å². The van der Waals surface area contributed by atoms with E-state index in [1.165, 1.54) is 6.42 Å².